The lowest BCUT2D eigenvalue weighted by Crippen LogP contribution is -1.96. The van der Waals surface area contributed by atoms with E-state index < -0.39 is 0 Å². The molecule has 0 N–H and O–H groups in total. The Morgan fingerprint density at radius 1 is 0.291 bits per heavy atom. The first-order valence-corrected chi connectivity index (χ1v) is 19.1. The van der Waals surface area contributed by atoms with Gasteiger partial charge in [0.15, 0.2) is 11.6 Å². The molecule has 258 valence electrons. The van der Waals surface area contributed by atoms with Crippen LogP contribution in [0.4, 0.5) is 0 Å². The number of fused-ring (bicyclic) bond motifs is 3. The zero-order valence-electron chi connectivity index (χ0n) is 29.7. The van der Waals surface area contributed by atoms with Gasteiger partial charge in [0.25, 0.3) is 0 Å². The number of benzene rings is 7. The van der Waals surface area contributed by atoms with Gasteiger partial charge in [0.05, 0.1) is 22.8 Å². The van der Waals surface area contributed by atoms with E-state index in [2.05, 4.69) is 133 Å². The second kappa shape index (κ2) is 14.0. The molecule has 0 saturated heterocycles. The van der Waals surface area contributed by atoms with E-state index in [-0.39, 0.29) is 0 Å². The lowest BCUT2D eigenvalue weighted by Gasteiger charge is -2.11. The van der Waals surface area contributed by atoms with Crippen molar-refractivity contribution in [2.45, 2.75) is 0 Å². The largest absolute Gasteiger partial charge is 0.228 e. The molecule has 0 saturated carbocycles. The van der Waals surface area contributed by atoms with Crippen LogP contribution in [-0.2, 0) is 0 Å². The molecule has 0 unspecified atom stereocenters. The highest BCUT2D eigenvalue weighted by Crippen LogP contribution is 2.42. The third kappa shape index (κ3) is 6.37. The molecule has 0 atom stereocenters. The summed E-state index contributed by atoms with van der Waals surface area (Å²) in [6.07, 6.45) is 0. The van der Waals surface area contributed by atoms with Gasteiger partial charge in [-0.15, -0.1) is 11.3 Å². The van der Waals surface area contributed by atoms with E-state index in [0.717, 1.165) is 56.2 Å². The zero-order chi connectivity index (χ0) is 36.6. The summed E-state index contributed by atoms with van der Waals surface area (Å²) in [5, 5.41) is 2.38. The fourth-order valence-electron chi connectivity index (χ4n) is 7.14. The minimum absolute atomic E-state index is 0.702. The van der Waals surface area contributed by atoms with Crippen LogP contribution >= 0.6 is 11.3 Å². The second-order valence-corrected chi connectivity index (χ2v) is 14.5. The number of aromatic nitrogens is 4. The summed E-state index contributed by atoms with van der Waals surface area (Å²) in [5.74, 6) is 1.41. The van der Waals surface area contributed by atoms with Crippen molar-refractivity contribution in [2.24, 2.45) is 0 Å². The van der Waals surface area contributed by atoms with E-state index in [1.165, 1.54) is 31.3 Å². The van der Waals surface area contributed by atoms with Crippen LogP contribution in [0, 0.1) is 0 Å². The molecule has 0 aliphatic heterocycles. The van der Waals surface area contributed by atoms with Crippen LogP contribution in [0.2, 0.25) is 0 Å². The Morgan fingerprint density at radius 2 is 0.727 bits per heavy atom. The van der Waals surface area contributed by atoms with Crippen molar-refractivity contribution in [3.8, 4) is 78.9 Å². The molecule has 3 aromatic heterocycles. The monoisotopic (exact) mass is 720 g/mol. The molecule has 0 fully saturated rings. The molecule has 0 amide bonds. The molecule has 0 bridgehead atoms. The van der Waals surface area contributed by atoms with Crippen LogP contribution in [0.1, 0.15) is 0 Å². The van der Waals surface area contributed by atoms with Crippen LogP contribution in [-0.4, -0.2) is 19.9 Å². The maximum Gasteiger partial charge on any atom is 0.160 e. The van der Waals surface area contributed by atoms with E-state index in [1.54, 1.807) is 11.3 Å². The smallest absolute Gasteiger partial charge is 0.160 e. The molecule has 3 heterocycles. The third-order valence-electron chi connectivity index (χ3n) is 9.94. The summed E-state index contributed by atoms with van der Waals surface area (Å²) in [5.41, 5.74) is 12.1. The van der Waals surface area contributed by atoms with E-state index in [4.69, 9.17) is 19.9 Å². The molecule has 10 rings (SSSR count). The van der Waals surface area contributed by atoms with Gasteiger partial charge in [-0.3, -0.25) is 0 Å². The minimum atomic E-state index is 0.702. The van der Waals surface area contributed by atoms with Gasteiger partial charge in [-0.05, 0) is 35.4 Å². The van der Waals surface area contributed by atoms with E-state index in [1.807, 2.05) is 60.7 Å². The first kappa shape index (κ1) is 32.6. The topological polar surface area (TPSA) is 51.6 Å². The summed E-state index contributed by atoms with van der Waals surface area (Å²) in [6.45, 7) is 0. The van der Waals surface area contributed by atoms with Crippen molar-refractivity contribution in [1.82, 2.24) is 19.9 Å². The van der Waals surface area contributed by atoms with Crippen LogP contribution in [0.5, 0.6) is 0 Å². The zero-order valence-corrected chi connectivity index (χ0v) is 30.5. The fourth-order valence-corrected chi connectivity index (χ4v) is 8.35. The van der Waals surface area contributed by atoms with Gasteiger partial charge in [-0.2, -0.15) is 0 Å². The lowest BCUT2D eigenvalue weighted by atomic mass is 10.0. The average Bonchev–Trinajstić information content (AvgIpc) is 3.66. The molecular formula is C50H32N4S. The first-order valence-electron chi connectivity index (χ1n) is 18.3. The van der Waals surface area contributed by atoms with Gasteiger partial charge in [0.1, 0.15) is 0 Å². The van der Waals surface area contributed by atoms with E-state index in [9.17, 15) is 0 Å². The van der Waals surface area contributed by atoms with Gasteiger partial charge in [0.2, 0.25) is 0 Å². The molecule has 0 aliphatic carbocycles. The quantitative estimate of drug-likeness (QED) is 0.164. The highest BCUT2D eigenvalue weighted by atomic mass is 32.1. The molecule has 55 heavy (non-hydrogen) atoms. The Bertz CT molecular complexity index is 2890. The number of nitrogens with zero attached hydrogens (tertiary/aromatic N) is 4. The van der Waals surface area contributed by atoms with Crippen LogP contribution in [0.25, 0.3) is 99.1 Å². The van der Waals surface area contributed by atoms with Crippen molar-refractivity contribution in [1.29, 1.82) is 0 Å². The molecule has 10 aromatic rings. The summed E-state index contributed by atoms with van der Waals surface area (Å²) in [6, 6.07) is 67.3. The van der Waals surface area contributed by atoms with Crippen molar-refractivity contribution in [3.05, 3.63) is 194 Å². The molecule has 0 spiro atoms. The van der Waals surface area contributed by atoms with Gasteiger partial charge in [-0.1, -0.05) is 170 Å². The Kier molecular flexibility index (Phi) is 8.32. The second-order valence-electron chi connectivity index (χ2n) is 13.5. The van der Waals surface area contributed by atoms with Gasteiger partial charge in [0, 0.05) is 53.6 Å². The van der Waals surface area contributed by atoms with Crippen molar-refractivity contribution < 1.29 is 0 Å². The maximum atomic E-state index is 5.21. The average molecular weight is 721 g/mol. The number of thiophene rings is 1. The minimum Gasteiger partial charge on any atom is -0.228 e. The lowest BCUT2D eigenvalue weighted by molar-refractivity contribution is 1.18. The van der Waals surface area contributed by atoms with E-state index >= 15 is 0 Å². The normalized spacial score (nSPS) is 11.3. The number of hydrogen-bond donors (Lipinski definition) is 0. The maximum absolute atomic E-state index is 5.21. The van der Waals surface area contributed by atoms with Gasteiger partial charge >= 0.3 is 0 Å². The van der Waals surface area contributed by atoms with Gasteiger partial charge < -0.3 is 0 Å². The van der Waals surface area contributed by atoms with Crippen LogP contribution in [0.15, 0.2) is 194 Å². The number of hydrogen-bond acceptors (Lipinski definition) is 5. The Hall–Kier alpha value is -7.08. The predicted octanol–water partition coefficient (Wildman–Crippen LogP) is 13.3. The van der Waals surface area contributed by atoms with Crippen LogP contribution < -0.4 is 0 Å². The van der Waals surface area contributed by atoms with E-state index in [0.29, 0.717) is 11.6 Å². The number of rotatable bonds is 7. The highest BCUT2D eigenvalue weighted by molar-refractivity contribution is 7.26. The Morgan fingerprint density at radius 3 is 1.33 bits per heavy atom. The first-order chi connectivity index (χ1) is 27.2. The fraction of sp³-hybridized carbons (Fsp3) is 0. The molecule has 4 nitrogen and oxygen atoms in total. The van der Waals surface area contributed by atoms with Crippen molar-refractivity contribution >= 4 is 31.5 Å². The van der Waals surface area contributed by atoms with Crippen molar-refractivity contribution in [3.63, 3.8) is 0 Å². The summed E-state index contributed by atoms with van der Waals surface area (Å²) >= 11 is 1.80. The van der Waals surface area contributed by atoms with Gasteiger partial charge in [-0.25, -0.2) is 19.9 Å². The third-order valence-corrected chi connectivity index (χ3v) is 11.2. The molecular weight excluding hydrogens is 689 g/mol. The molecule has 0 aliphatic rings. The molecule has 0 radical (unpaired) electrons. The summed E-state index contributed by atoms with van der Waals surface area (Å²) < 4.78 is 2.40. The highest BCUT2D eigenvalue weighted by Gasteiger charge is 2.17. The summed E-state index contributed by atoms with van der Waals surface area (Å²) in [4.78, 5) is 20.4. The predicted molar refractivity (Wildman–Crippen MR) is 229 cm³/mol. The SMILES string of the molecule is c1ccc(-c2ccc(-c3cc(-c4cccc5c4sc4ccc(-c6cc(-c7ccccc7)nc(-c7ccccc7)n6)cc45)nc(-c4ccccc4)n3)cc2)cc1. The Balaban J connectivity index is 1.10. The van der Waals surface area contributed by atoms with Crippen molar-refractivity contribution in [2.75, 3.05) is 0 Å². The molecule has 7 aromatic carbocycles. The Labute approximate surface area is 323 Å². The standard InChI is InChI=1S/C50H32N4S/c1-5-14-33(15-6-1)34-24-26-36(27-25-34)44-32-46(54-50(52-44)38-20-11-4-12-21-38)41-23-13-22-40-42-30-39(28-29-47(42)55-48(40)41)45-31-43(35-16-7-2-8-17-35)51-49(53-45)37-18-9-3-10-19-37/h1-32H. The molecule has 5 heteroatoms. The summed E-state index contributed by atoms with van der Waals surface area (Å²) in [7, 11) is 0. The van der Waals surface area contributed by atoms with Crippen LogP contribution in [0.3, 0.4) is 0 Å².